The van der Waals surface area contributed by atoms with Gasteiger partial charge >= 0.3 is 0 Å². The minimum Gasteiger partial charge on any atom is -0.396 e. The lowest BCUT2D eigenvalue weighted by Gasteiger charge is -2.31. The molecular formula is C22H32N4O2. The number of piperidine rings is 1. The van der Waals surface area contributed by atoms with Crippen LogP contribution < -0.4 is 0 Å². The molecule has 0 spiro atoms. The maximum absolute atomic E-state index is 12.9. The Balaban J connectivity index is 1.44. The number of rotatable bonds is 5. The van der Waals surface area contributed by atoms with E-state index in [1.165, 1.54) is 17.4 Å². The van der Waals surface area contributed by atoms with E-state index >= 15 is 0 Å². The molecule has 4 rings (SSSR count). The number of fused-ring (bicyclic) bond motifs is 1. The van der Waals surface area contributed by atoms with Gasteiger partial charge in [-0.1, -0.05) is 6.07 Å². The molecular weight excluding hydrogens is 352 g/mol. The van der Waals surface area contributed by atoms with E-state index in [0.29, 0.717) is 12.0 Å². The van der Waals surface area contributed by atoms with Gasteiger partial charge in [0.15, 0.2) is 0 Å². The molecule has 2 aliphatic heterocycles. The zero-order valence-corrected chi connectivity index (χ0v) is 17.0. The van der Waals surface area contributed by atoms with E-state index in [1.54, 1.807) is 0 Å². The molecule has 1 unspecified atom stereocenters. The fourth-order valence-electron chi connectivity index (χ4n) is 4.57. The molecule has 152 valence electrons. The van der Waals surface area contributed by atoms with Gasteiger partial charge in [-0.25, -0.2) is 0 Å². The average molecular weight is 385 g/mol. The number of nitrogens with zero attached hydrogens (tertiary/aromatic N) is 3. The smallest absolute Gasteiger partial charge is 0.253 e. The normalized spacial score (nSPS) is 21.9. The molecule has 3 heterocycles. The number of aromatic amines is 1. The van der Waals surface area contributed by atoms with Crippen LogP contribution in [0.5, 0.6) is 0 Å². The molecule has 2 N–H and O–H groups in total. The molecule has 28 heavy (non-hydrogen) atoms. The van der Waals surface area contributed by atoms with Gasteiger partial charge in [0.2, 0.25) is 0 Å². The summed E-state index contributed by atoms with van der Waals surface area (Å²) >= 11 is 0. The Kier molecular flexibility index (Phi) is 5.71. The van der Waals surface area contributed by atoms with Crippen LogP contribution in [0, 0.1) is 5.92 Å². The first kappa shape index (κ1) is 19.4. The van der Waals surface area contributed by atoms with Gasteiger partial charge in [0, 0.05) is 68.0 Å². The number of aliphatic hydroxyl groups excluding tert-OH is 1. The van der Waals surface area contributed by atoms with Crippen molar-refractivity contribution >= 4 is 16.8 Å². The van der Waals surface area contributed by atoms with Crippen molar-refractivity contribution in [3.05, 3.63) is 35.5 Å². The molecule has 6 heteroatoms. The third-order valence-corrected chi connectivity index (χ3v) is 6.55. The van der Waals surface area contributed by atoms with Gasteiger partial charge in [-0.2, -0.15) is 0 Å². The van der Waals surface area contributed by atoms with E-state index in [2.05, 4.69) is 41.1 Å². The monoisotopic (exact) mass is 384 g/mol. The fourth-order valence-corrected chi connectivity index (χ4v) is 4.57. The Bertz CT molecular complexity index is 823. The molecule has 1 aromatic carbocycles. The zero-order valence-electron chi connectivity index (χ0n) is 17.0. The first-order chi connectivity index (χ1) is 13.5. The number of benzene rings is 1. The van der Waals surface area contributed by atoms with Crippen LogP contribution in [0.2, 0.25) is 0 Å². The highest BCUT2D eigenvalue weighted by molar-refractivity contribution is 5.98. The van der Waals surface area contributed by atoms with E-state index < -0.39 is 0 Å². The van der Waals surface area contributed by atoms with Crippen LogP contribution in [-0.4, -0.2) is 83.6 Å². The quantitative estimate of drug-likeness (QED) is 0.829. The summed E-state index contributed by atoms with van der Waals surface area (Å²) in [6.07, 6.45) is 5.09. The molecule has 0 saturated carbocycles. The summed E-state index contributed by atoms with van der Waals surface area (Å²) in [6, 6.07) is 6.69. The molecule has 1 amide bonds. The molecule has 0 radical (unpaired) electrons. The Morgan fingerprint density at radius 1 is 1.21 bits per heavy atom. The van der Waals surface area contributed by atoms with Gasteiger partial charge in [0.1, 0.15) is 0 Å². The number of hydrogen-bond donors (Lipinski definition) is 2. The van der Waals surface area contributed by atoms with E-state index in [0.717, 1.165) is 56.6 Å². The molecule has 2 fully saturated rings. The summed E-state index contributed by atoms with van der Waals surface area (Å²) in [4.78, 5) is 23.0. The number of likely N-dealkylation sites (N-methyl/N-ethyl adjacent to an activating group) is 1. The number of aliphatic hydroxyl groups is 1. The average Bonchev–Trinajstić information content (AvgIpc) is 3.35. The van der Waals surface area contributed by atoms with E-state index in [4.69, 9.17) is 0 Å². The fraction of sp³-hybridized carbons (Fsp3) is 0.591. The van der Waals surface area contributed by atoms with Crippen LogP contribution in [0.15, 0.2) is 24.4 Å². The van der Waals surface area contributed by atoms with Crippen molar-refractivity contribution in [3.63, 3.8) is 0 Å². The number of hydrogen-bond acceptors (Lipinski definition) is 4. The number of nitrogens with one attached hydrogen (secondary N) is 1. The summed E-state index contributed by atoms with van der Waals surface area (Å²) in [5, 5.41) is 10.5. The number of carbonyl (C=O) groups is 1. The minimum atomic E-state index is 0.0998. The summed E-state index contributed by atoms with van der Waals surface area (Å²) in [5.74, 6) is 0.443. The summed E-state index contributed by atoms with van der Waals surface area (Å²) in [5.41, 5.74) is 3.09. The molecule has 0 aliphatic carbocycles. The van der Waals surface area contributed by atoms with Crippen molar-refractivity contribution in [2.75, 3.05) is 46.9 Å². The zero-order chi connectivity index (χ0) is 19.7. The molecule has 2 aromatic rings. The lowest BCUT2D eigenvalue weighted by molar-refractivity contribution is 0.0651. The minimum absolute atomic E-state index is 0.0998. The first-order valence-corrected chi connectivity index (χ1v) is 10.4. The number of H-pyrrole nitrogens is 1. The largest absolute Gasteiger partial charge is 0.396 e. The molecule has 6 nitrogen and oxygen atoms in total. The second-order valence-electron chi connectivity index (χ2n) is 8.63. The van der Waals surface area contributed by atoms with Crippen molar-refractivity contribution in [2.45, 2.75) is 31.8 Å². The van der Waals surface area contributed by atoms with Crippen LogP contribution in [0.4, 0.5) is 0 Å². The highest BCUT2D eigenvalue weighted by Gasteiger charge is 2.25. The number of carbonyl (C=O) groups excluding carboxylic acids is 1. The van der Waals surface area contributed by atoms with Crippen molar-refractivity contribution in [2.24, 2.45) is 5.92 Å². The van der Waals surface area contributed by atoms with E-state index in [1.807, 2.05) is 17.0 Å². The Morgan fingerprint density at radius 2 is 2.00 bits per heavy atom. The number of amides is 1. The molecule has 2 saturated heterocycles. The van der Waals surface area contributed by atoms with Gasteiger partial charge in [0.05, 0.1) is 0 Å². The number of aromatic nitrogens is 1. The molecule has 0 bridgehead atoms. The van der Waals surface area contributed by atoms with Gasteiger partial charge in [-0.3, -0.25) is 9.69 Å². The standard InChI is InChI=1S/C22H32N4O2/c1-24(2)19-7-8-25(14-19)13-18-12-23-21-11-17(3-4-20(18)21)22(28)26-9-5-16(15-27)6-10-26/h3-4,11-12,16,19,23,27H,5-10,13-15H2,1-2H3. The van der Waals surface area contributed by atoms with Crippen molar-refractivity contribution in [3.8, 4) is 0 Å². The molecule has 2 aliphatic rings. The van der Waals surface area contributed by atoms with Crippen molar-refractivity contribution in [1.82, 2.24) is 19.7 Å². The highest BCUT2D eigenvalue weighted by Crippen LogP contribution is 2.25. The van der Waals surface area contributed by atoms with Crippen LogP contribution in [-0.2, 0) is 6.54 Å². The van der Waals surface area contributed by atoms with Crippen LogP contribution in [0.25, 0.3) is 10.9 Å². The lowest BCUT2D eigenvalue weighted by atomic mass is 9.97. The Hall–Kier alpha value is -1.89. The van der Waals surface area contributed by atoms with Crippen LogP contribution >= 0.6 is 0 Å². The SMILES string of the molecule is CN(C)C1CCN(Cc2c[nH]c3cc(C(=O)N4CCC(CO)CC4)ccc23)C1. The van der Waals surface area contributed by atoms with Crippen LogP contribution in [0.1, 0.15) is 35.2 Å². The summed E-state index contributed by atoms with van der Waals surface area (Å²) in [6.45, 7) is 4.90. The molecule has 1 atom stereocenters. The second-order valence-corrected chi connectivity index (χ2v) is 8.63. The highest BCUT2D eigenvalue weighted by atomic mass is 16.3. The van der Waals surface area contributed by atoms with Crippen LogP contribution in [0.3, 0.4) is 0 Å². The summed E-state index contributed by atoms with van der Waals surface area (Å²) in [7, 11) is 4.31. The maximum atomic E-state index is 12.9. The predicted molar refractivity (Wildman–Crippen MR) is 111 cm³/mol. The van der Waals surface area contributed by atoms with Gasteiger partial charge < -0.3 is 19.9 Å². The third kappa shape index (κ3) is 3.95. The first-order valence-electron chi connectivity index (χ1n) is 10.4. The van der Waals surface area contributed by atoms with Crippen molar-refractivity contribution < 1.29 is 9.90 Å². The Labute approximate surface area is 167 Å². The lowest BCUT2D eigenvalue weighted by Crippen LogP contribution is -2.39. The predicted octanol–water partition coefficient (Wildman–Crippen LogP) is 2.15. The van der Waals surface area contributed by atoms with Crippen molar-refractivity contribution in [1.29, 1.82) is 0 Å². The maximum Gasteiger partial charge on any atom is 0.253 e. The number of likely N-dealkylation sites (tertiary alicyclic amines) is 2. The Morgan fingerprint density at radius 3 is 2.68 bits per heavy atom. The second kappa shape index (κ2) is 8.23. The molecule has 1 aromatic heterocycles. The van der Waals surface area contributed by atoms with E-state index in [-0.39, 0.29) is 12.5 Å². The van der Waals surface area contributed by atoms with Gasteiger partial charge in [-0.15, -0.1) is 0 Å². The summed E-state index contributed by atoms with van der Waals surface area (Å²) < 4.78 is 0. The van der Waals surface area contributed by atoms with Gasteiger partial charge in [-0.05, 0) is 57.0 Å². The topological polar surface area (TPSA) is 62.8 Å². The van der Waals surface area contributed by atoms with Gasteiger partial charge in [0.25, 0.3) is 5.91 Å². The third-order valence-electron chi connectivity index (χ3n) is 6.55. The van der Waals surface area contributed by atoms with E-state index in [9.17, 15) is 9.90 Å².